The number of hydrogen-bond donors (Lipinski definition) is 0. The summed E-state index contributed by atoms with van der Waals surface area (Å²) in [6.45, 7) is 4.49. The Morgan fingerprint density at radius 2 is 1.64 bits per heavy atom. The molecule has 81 valence electrons. The minimum absolute atomic E-state index is 0. The van der Waals surface area contributed by atoms with Gasteiger partial charge < -0.3 is 11.8 Å². The van der Waals surface area contributed by atoms with Crippen molar-refractivity contribution in [2.45, 2.75) is 71.6 Å². The fourth-order valence-electron chi connectivity index (χ4n) is 2.16. The van der Waals surface area contributed by atoms with Crippen LogP contribution in [0.5, 0.6) is 0 Å². The number of hydrogen-bond acceptors (Lipinski definition) is 0. The van der Waals surface area contributed by atoms with Crippen molar-refractivity contribution < 1.29 is 32.7 Å². The van der Waals surface area contributed by atoms with Crippen LogP contribution in [0.15, 0.2) is 0 Å². The SMILES string of the molecule is C[C-](C)CCCC[C-]1CCCCC1.[Y]. The molecular weight excluding hydrogens is 245 g/mol. The minimum Gasteiger partial charge on any atom is -0.320 e. The van der Waals surface area contributed by atoms with Crippen molar-refractivity contribution in [2.24, 2.45) is 0 Å². The van der Waals surface area contributed by atoms with Gasteiger partial charge in [-0.15, -0.1) is 0 Å². The van der Waals surface area contributed by atoms with Gasteiger partial charge in [0.15, 0.2) is 0 Å². The molecule has 0 aromatic heterocycles. The summed E-state index contributed by atoms with van der Waals surface area (Å²) in [6.07, 6.45) is 12.9. The summed E-state index contributed by atoms with van der Waals surface area (Å²) in [7, 11) is 0. The number of rotatable bonds is 5. The van der Waals surface area contributed by atoms with Crippen molar-refractivity contribution in [3.8, 4) is 0 Å². The van der Waals surface area contributed by atoms with Crippen molar-refractivity contribution in [1.82, 2.24) is 0 Å². The van der Waals surface area contributed by atoms with Gasteiger partial charge in [-0.2, -0.15) is 39.5 Å². The summed E-state index contributed by atoms with van der Waals surface area (Å²) < 4.78 is 0. The van der Waals surface area contributed by atoms with E-state index in [9.17, 15) is 0 Å². The molecular formula is C13H24Y-2. The summed E-state index contributed by atoms with van der Waals surface area (Å²) in [5, 5.41) is 0. The van der Waals surface area contributed by atoms with Crippen LogP contribution in [0.1, 0.15) is 71.6 Å². The zero-order valence-electron chi connectivity index (χ0n) is 9.94. The molecule has 0 aromatic rings. The van der Waals surface area contributed by atoms with Gasteiger partial charge >= 0.3 is 0 Å². The third kappa shape index (κ3) is 7.40. The van der Waals surface area contributed by atoms with Crippen LogP contribution in [0, 0.1) is 11.8 Å². The Morgan fingerprint density at radius 1 is 1.00 bits per heavy atom. The monoisotopic (exact) mass is 269 g/mol. The first kappa shape index (κ1) is 15.1. The van der Waals surface area contributed by atoms with Gasteiger partial charge in [0.25, 0.3) is 0 Å². The molecule has 1 aliphatic rings. The van der Waals surface area contributed by atoms with Gasteiger partial charge in [-0.05, 0) is 0 Å². The summed E-state index contributed by atoms with van der Waals surface area (Å²) in [5.74, 6) is 3.45. The van der Waals surface area contributed by atoms with Crippen LogP contribution in [-0.2, 0) is 32.7 Å². The van der Waals surface area contributed by atoms with E-state index in [1.54, 1.807) is 5.92 Å². The van der Waals surface area contributed by atoms with E-state index in [0.29, 0.717) is 0 Å². The van der Waals surface area contributed by atoms with Crippen LogP contribution in [-0.4, -0.2) is 0 Å². The van der Waals surface area contributed by atoms with Crippen LogP contribution in [0.25, 0.3) is 0 Å². The van der Waals surface area contributed by atoms with Crippen molar-refractivity contribution in [2.75, 3.05) is 0 Å². The Labute approximate surface area is 115 Å². The van der Waals surface area contributed by atoms with Crippen molar-refractivity contribution >= 4 is 0 Å². The van der Waals surface area contributed by atoms with Gasteiger partial charge in [0.1, 0.15) is 0 Å². The third-order valence-corrected chi connectivity index (χ3v) is 3.02. The minimum atomic E-state index is 0. The average Bonchev–Trinajstić information content (AvgIpc) is 2.14. The molecule has 0 aliphatic heterocycles. The maximum Gasteiger partial charge on any atom is 0 e. The predicted molar refractivity (Wildman–Crippen MR) is 59.4 cm³/mol. The first-order valence-corrected chi connectivity index (χ1v) is 5.91. The van der Waals surface area contributed by atoms with Gasteiger partial charge in [-0.1, -0.05) is 32.1 Å². The molecule has 0 N–H and O–H groups in total. The summed E-state index contributed by atoms with van der Waals surface area (Å²) in [4.78, 5) is 0. The van der Waals surface area contributed by atoms with Crippen molar-refractivity contribution in [3.63, 3.8) is 0 Å². The van der Waals surface area contributed by atoms with E-state index in [0.717, 1.165) is 0 Å². The first-order chi connectivity index (χ1) is 6.29. The summed E-state index contributed by atoms with van der Waals surface area (Å²) in [5.41, 5.74) is 0. The Balaban J connectivity index is 0.00000169. The molecule has 0 bridgehead atoms. The predicted octanol–water partition coefficient (Wildman–Crippen LogP) is 4.70. The average molecular weight is 269 g/mol. The van der Waals surface area contributed by atoms with Gasteiger partial charge in [-0.25, -0.2) is 0 Å². The largest absolute Gasteiger partial charge is 0.320 e. The second-order valence-electron chi connectivity index (χ2n) is 4.72. The molecule has 1 radical (unpaired) electrons. The second-order valence-corrected chi connectivity index (χ2v) is 4.72. The molecule has 0 amide bonds. The quantitative estimate of drug-likeness (QED) is 0.501. The maximum absolute atomic E-state index is 2.24. The van der Waals surface area contributed by atoms with Gasteiger partial charge in [-0.3, -0.25) is 0 Å². The molecule has 14 heavy (non-hydrogen) atoms. The van der Waals surface area contributed by atoms with Crippen LogP contribution in [0.2, 0.25) is 0 Å². The van der Waals surface area contributed by atoms with Crippen LogP contribution in [0.3, 0.4) is 0 Å². The number of unbranched alkanes of at least 4 members (excludes halogenated alkanes) is 1. The van der Waals surface area contributed by atoms with Crippen LogP contribution < -0.4 is 0 Å². The first-order valence-electron chi connectivity index (χ1n) is 5.91. The molecule has 0 aromatic carbocycles. The van der Waals surface area contributed by atoms with Crippen LogP contribution >= 0.6 is 0 Å². The molecule has 0 saturated heterocycles. The molecule has 0 nitrogen and oxygen atoms in total. The standard InChI is InChI=1S/C13H24.Y/c1-12(2)8-6-7-11-13-9-4-3-5-10-13;/h3-11H2,1-2H3;/q-2;. The molecule has 1 rings (SSSR count). The molecule has 0 heterocycles. The van der Waals surface area contributed by atoms with Gasteiger partial charge in [0.2, 0.25) is 0 Å². The molecule has 0 spiro atoms. The molecule has 0 atom stereocenters. The van der Waals surface area contributed by atoms with E-state index >= 15 is 0 Å². The Morgan fingerprint density at radius 3 is 2.21 bits per heavy atom. The smallest absolute Gasteiger partial charge is 0 e. The Hall–Kier alpha value is 1.10. The zero-order chi connectivity index (χ0) is 9.52. The fourth-order valence-corrected chi connectivity index (χ4v) is 2.16. The molecule has 0 unspecified atom stereocenters. The maximum atomic E-state index is 2.24. The topological polar surface area (TPSA) is 0 Å². The summed E-state index contributed by atoms with van der Waals surface area (Å²) in [6, 6.07) is 0. The molecule has 1 heteroatoms. The third-order valence-electron chi connectivity index (χ3n) is 3.02. The normalized spacial score (nSPS) is 18.2. The van der Waals surface area contributed by atoms with Gasteiger partial charge in [0.05, 0.1) is 0 Å². The van der Waals surface area contributed by atoms with Gasteiger partial charge in [0, 0.05) is 32.7 Å². The molecule has 1 aliphatic carbocycles. The molecule has 1 saturated carbocycles. The zero-order valence-corrected chi connectivity index (χ0v) is 12.8. The molecule has 1 fully saturated rings. The van der Waals surface area contributed by atoms with Crippen molar-refractivity contribution in [3.05, 3.63) is 11.8 Å². The summed E-state index contributed by atoms with van der Waals surface area (Å²) >= 11 is 0. The Bertz CT molecular complexity index is 114. The van der Waals surface area contributed by atoms with E-state index in [4.69, 9.17) is 0 Å². The Kier molecular flexibility index (Phi) is 10.1. The van der Waals surface area contributed by atoms with E-state index in [1.165, 1.54) is 57.8 Å². The van der Waals surface area contributed by atoms with E-state index in [1.807, 2.05) is 5.92 Å². The van der Waals surface area contributed by atoms with Crippen molar-refractivity contribution in [1.29, 1.82) is 0 Å². The van der Waals surface area contributed by atoms with E-state index in [2.05, 4.69) is 13.8 Å². The van der Waals surface area contributed by atoms with E-state index in [-0.39, 0.29) is 32.7 Å². The van der Waals surface area contributed by atoms with Crippen LogP contribution in [0.4, 0.5) is 0 Å². The second kappa shape index (κ2) is 9.34. The van der Waals surface area contributed by atoms with E-state index < -0.39 is 0 Å². The fraction of sp³-hybridized carbons (Fsp3) is 0.846.